The zero-order valence-corrected chi connectivity index (χ0v) is 17.3. The van der Waals surface area contributed by atoms with Crippen LogP contribution in [0.3, 0.4) is 0 Å². The summed E-state index contributed by atoms with van der Waals surface area (Å²) >= 11 is 0. The first kappa shape index (κ1) is 20.7. The lowest BCUT2D eigenvalue weighted by Gasteiger charge is -2.22. The van der Waals surface area contributed by atoms with Crippen molar-refractivity contribution in [2.75, 3.05) is 6.79 Å². The minimum absolute atomic E-state index is 0.120. The molecule has 6 nitrogen and oxygen atoms in total. The van der Waals surface area contributed by atoms with Crippen LogP contribution < -0.4 is 9.47 Å². The smallest absolute Gasteiger partial charge is 0.254 e. The van der Waals surface area contributed by atoms with E-state index in [-0.39, 0.29) is 37.2 Å². The van der Waals surface area contributed by atoms with Crippen molar-refractivity contribution in [3.8, 4) is 22.8 Å². The van der Waals surface area contributed by atoms with Crippen LogP contribution in [0, 0.1) is 11.6 Å². The molecule has 0 unspecified atom stereocenters. The first-order chi connectivity index (χ1) is 16.0. The molecule has 0 saturated carbocycles. The molecule has 0 fully saturated rings. The quantitative estimate of drug-likeness (QED) is 0.406. The number of amides is 1. The molecule has 5 rings (SSSR count). The van der Waals surface area contributed by atoms with Crippen LogP contribution in [0.5, 0.6) is 11.5 Å². The van der Waals surface area contributed by atoms with Gasteiger partial charge in [0.2, 0.25) is 6.79 Å². The molecule has 2 heterocycles. The van der Waals surface area contributed by atoms with E-state index in [2.05, 4.69) is 5.16 Å². The molecule has 0 N–H and O–H groups in total. The number of rotatable bonds is 6. The highest BCUT2D eigenvalue weighted by molar-refractivity contribution is 5.94. The Labute approximate surface area is 188 Å². The van der Waals surface area contributed by atoms with E-state index in [4.69, 9.17) is 14.0 Å². The van der Waals surface area contributed by atoms with Crippen molar-refractivity contribution >= 4 is 5.91 Å². The molecule has 0 saturated heterocycles. The Hall–Kier alpha value is -4.20. The van der Waals surface area contributed by atoms with Gasteiger partial charge in [-0.05, 0) is 60.2 Å². The maximum Gasteiger partial charge on any atom is 0.254 e. The maximum absolute atomic E-state index is 13.8. The van der Waals surface area contributed by atoms with Gasteiger partial charge in [0.05, 0.1) is 6.54 Å². The predicted octanol–water partition coefficient (Wildman–Crippen LogP) is 5.19. The molecule has 4 aromatic rings. The highest BCUT2D eigenvalue weighted by atomic mass is 19.1. The molecule has 0 atom stereocenters. The Balaban J connectivity index is 1.42. The molecule has 1 aromatic heterocycles. The van der Waals surface area contributed by atoms with E-state index in [1.165, 1.54) is 30.3 Å². The molecular formula is C25H18F2N2O4. The van der Waals surface area contributed by atoms with Crippen LogP contribution in [0.1, 0.15) is 21.6 Å². The summed E-state index contributed by atoms with van der Waals surface area (Å²) in [6.45, 7) is 0.495. The number of hydrogen-bond acceptors (Lipinski definition) is 5. The highest BCUT2D eigenvalue weighted by Crippen LogP contribution is 2.33. The fourth-order valence-corrected chi connectivity index (χ4v) is 3.60. The Morgan fingerprint density at radius 3 is 2.52 bits per heavy atom. The molecule has 1 aliphatic heterocycles. The monoisotopic (exact) mass is 448 g/mol. The number of aromatic nitrogens is 1. The summed E-state index contributed by atoms with van der Waals surface area (Å²) in [5.41, 5.74) is 2.19. The third-order valence-electron chi connectivity index (χ3n) is 5.21. The summed E-state index contributed by atoms with van der Waals surface area (Å²) in [5, 5.41) is 4.07. The molecule has 0 radical (unpaired) electrons. The van der Waals surface area contributed by atoms with Crippen molar-refractivity contribution in [3.63, 3.8) is 0 Å². The lowest BCUT2D eigenvalue weighted by molar-refractivity contribution is 0.0725. The van der Waals surface area contributed by atoms with Crippen LogP contribution in [0.4, 0.5) is 8.78 Å². The SMILES string of the molecule is O=C(c1cccc(F)c1)N(Cc1ccc2c(c1)OCO2)Cc1cc(-c2ccc(F)cc2)on1. The molecular weight excluding hydrogens is 430 g/mol. The maximum atomic E-state index is 13.8. The van der Waals surface area contributed by atoms with E-state index >= 15 is 0 Å². The average molecular weight is 448 g/mol. The van der Waals surface area contributed by atoms with Crippen molar-refractivity contribution in [3.05, 3.63) is 101 Å². The van der Waals surface area contributed by atoms with Gasteiger partial charge in [-0.1, -0.05) is 17.3 Å². The Bertz CT molecular complexity index is 1300. The van der Waals surface area contributed by atoms with Gasteiger partial charge in [0.1, 0.15) is 17.3 Å². The molecule has 1 aliphatic rings. The Morgan fingerprint density at radius 2 is 1.70 bits per heavy atom. The van der Waals surface area contributed by atoms with Gasteiger partial charge in [0.25, 0.3) is 5.91 Å². The first-order valence-electron chi connectivity index (χ1n) is 10.2. The van der Waals surface area contributed by atoms with Crippen LogP contribution in [0.25, 0.3) is 11.3 Å². The standard InChI is InChI=1S/C25H18F2N2O4/c26-19-7-5-17(6-8-19)23-12-21(28-33-23)14-29(25(30)18-2-1-3-20(27)11-18)13-16-4-9-22-24(10-16)32-15-31-22/h1-12H,13-15H2. The van der Waals surface area contributed by atoms with Gasteiger partial charge in [-0.3, -0.25) is 4.79 Å². The van der Waals surface area contributed by atoms with Crippen molar-refractivity contribution < 1.29 is 27.6 Å². The normalized spacial score (nSPS) is 12.1. The van der Waals surface area contributed by atoms with Gasteiger partial charge >= 0.3 is 0 Å². The summed E-state index contributed by atoms with van der Waals surface area (Å²) in [6, 6.07) is 18.5. The van der Waals surface area contributed by atoms with Gasteiger partial charge in [-0.15, -0.1) is 0 Å². The number of nitrogens with zero attached hydrogens (tertiary/aromatic N) is 2. The zero-order chi connectivity index (χ0) is 22.8. The number of ether oxygens (including phenoxy) is 2. The van der Waals surface area contributed by atoms with Crippen LogP contribution >= 0.6 is 0 Å². The minimum Gasteiger partial charge on any atom is -0.454 e. The molecule has 33 heavy (non-hydrogen) atoms. The van der Waals surface area contributed by atoms with Crippen LogP contribution in [-0.2, 0) is 13.1 Å². The highest BCUT2D eigenvalue weighted by Gasteiger charge is 2.21. The first-order valence-corrected chi connectivity index (χ1v) is 10.2. The Kier molecular flexibility index (Phi) is 5.48. The summed E-state index contributed by atoms with van der Waals surface area (Å²) in [7, 11) is 0. The van der Waals surface area contributed by atoms with Crippen molar-refractivity contribution in [1.29, 1.82) is 0 Å². The fraction of sp³-hybridized carbons (Fsp3) is 0.120. The minimum atomic E-state index is -0.496. The molecule has 0 aliphatic carbocycles. The second-order valence-corrected chi connectivity index (χ2v) is 7.55. The topological polar surface area (TPSA) is 64.8 Å². The van der Waals surface area contributed by atoms with Gasteiger partial charge in [-0.2, -0.15) is 0 Å². The molecule has 0 bridgehead atoms. The summed E-state index contributed by atoms with van der Waals surface area (Å²) < 4.78 is 43.2. The molecule has 166 valence electrons. The van der Waals surface area contributed by atoms with Crippen LogP contribution in [0.2, 0.25) is 0 Å². The number of hydrogen-bond donors (Lipinski definition) is 0. The van der Waals surface area contributed by atoms with E-state index in [1.807, 2.05) is 6.07 Å². The number of carbonyl (C=O) groups excluding carboxylic acids is 1. The number of fused-ring (bicyclic) bond motifs is 1. The molecule has 0 spiro atoms. The molecule has 8 heteroatoms. The summed E-state index contributed by atoms with van der Waals surface area (Å²) in [6.07, 6.45) is 0. The van der Waals surface area contributed by atoms with Gasteiger partial charge < -0.3 is 18.9 Å². The molecule has 1 amide bonds. The largest absolute Gasteiger partial charge is 0.454 e. The zero-order valence-electron chi connectivity index (χ0n) is 17.3. The van der Waals surface area contributed by atoms with Gasteiger partial charge in [-0.25, -0.2) is 8.78 Å². The summed E-state index contributed by atoms with van der Waals surface area (Å²) in [4.78, 5) is 14.8. The predicted molar refractivity (Wildman–Crippen MR) is 114 cm³/mol. The van der Waals surface area contributed by atoms with Gasteiger partial charge in [0, 0.05) is 23.7 Å². The summed E-state index contributed by atoms with van der Waals surface area (Å²) in [5.74, 6) is 0.482. The van der Waals surface area contributed by atoms with Crippen molar-refractivity contribution in [1.82, 2.24) is 10.1 Å². The van der Waals surface area contributed by atoms with E-state index < -0.39 is 5.82 Å². The second-order valence-electron chi connectivity index (χ2n) is 7.55. The van der Waals surface area contributed by atoms with Crippen LogP contribution in [-0.4, -0.2) is 22.8 Å². The van der Waals surface area contributed by atoms with Gasteiger partial charge in [0.15, 0.2) is 17.3 Å². The third kappa shape index (κ3) is 4.55. The second kappa shape index (κ2) is 8.74. The average Bonchev–Trinajstić information content (AvgIpc) is 3.48. The van der Waals surface area contributed by atoms with E-state index in [0.29, 0.717) is 28.5 Å². The number of halogens is 2. The Morgan fingerprint density at radius 1 is 0.879 bits per heavy atom. The lowest BCUT2D eigenvalue weighted by atomic mass is 10.1. The van der Waals surface area contributed by atoms with Crippen molar-refractivity contribution in [2.24, 2.45) is 0 Å². The third-order valence-corrected chi connectivity index (χ3v) is 5.21. The van der Waals surface area contributed by atoms with E-state index in [0.717, 1.165) is 5.56 Å². The van der Waals surface area contributed by atoms with E-state index in [9.17, 15) is 13.6 Å². The van der Waals surface area contributed by atoms with Crippen molar-refractivity contribution in [2.45, 2.75) is 13.1 Å². The number of carbonyl (C=O) groups is 1. The lowest BCUT2D eigenvalue weighted by Crippen LogP contribution is -2.30. The molecule has 3 aromatic carbocycles. The fourth-order valence-electron chi connectivity index (χ4n) is 3.60. The number of benzene rings is 3. The van der Waals surface area contributed by atoms with E-state index in [1.54, 1.807) is 41.3 Å². The van der Waals surface area contributed by atoms with Crippen LogP contribution in [0.15, 0.2) is 77.3 Å².